The number of nitrogens with two attached hydrogens (primary N) is 1. The van der Waals surface area contributed by atoms with Crippen LogP contribution in [0.2, 0.25) is 0 Å². The molecule has 2 heterocycles. The van der Waals surface area contributed by atoms with E-state index in [1.807, 2.05) is 255 Å². The smallest absolute Gasteiger partial charge is 0.419 e. The molecule has 11 N–H and O–H groups in total. The number of alkyl carbamates (subject to hydrolysis) is 1. The summed E-state index contributed by atoms with van der Waals surface area (Å²) in [4.78, 5) is 166. The molecule has 9 aromatic carbocycles. The maximum absolute atomic E-state index is 15.6. The summed E-state index contributed by atoms with van der Waals surface area (Å²) >= 11 is 1.46. The number of para-hydroxylation sites is 1. The maximum Gasteiger partial charge on any atom is 0.419 e. The quantitative estimate of drug-likeness (QED) is 0.0160. The molecule has 0 bridgehead atoms. The summed E-state index contributed by atoms with van der Waals surface area (Å²) in [7, 11) is 0. The van der Waals surface area contributed by atoms with E-state index >= 15 is 19.2 Å². The van der Waals surface area contributed by atoms with Crippen molar-refractivity contribution in [1.29, 1.82) is 0 Å². The maximum atomic E-state index is 15.6. The molecule has 27 heteroatoms. The predicted octanol–water partition coefficient (Wildman–Crippen LogP) is 12.0. The molecule has 128 heavy (non-hydrogen) atoms. The van der Waals surface area contributed by atoms with E-state index in [2.05, 4.69) is 47.9 Å². The van der Waals surface area contributed by atoms with Crippen LogP contribution in [0.15, 0.2) is 274 Å². The number of primary amides is 1. The van der Waals surface area contributed by atoms with Crippen LogP contribution in [0.5, 0.6) is 0 Å². The van der Waals surface area contributed by atoms with Crippen molar-refractivity contribution in [3.8, 4) is 11.1 Å². The average molecular weight is 1750 g/mol. The minimum Gasteiger partial charge on any atom is -0.449 e. The molecule has 0 aliphatic heterocycles. The van der Waals surface area contributed by atoms with Gasteiger partial charge in [0.25, 0.3) is 0 Å². The van der Waals surface area contributed by atoms with Crippen LogP contribution >= 0.6 is 11.8 Å². The molecule has 10 amide bonds. The highest BCUT2D eigenvalue weighted by atomic mass is 32.2. The number of carbonyl (C=O) groups excluding carboxylic acids is 11. The highest BCUT2D eigenvalue weighted by Gasteiger charge is 2.43. The lowest BCUT2D eigenvalue weighted by molar-refractivity contribution is -0.135. The zero-order valence-corrected chi connectivity index (χ0v) is 74.1. The van der Waals surface area contributed by atoms with Gasteiger partial charge in [-0.3, -0.25) is 47.7 Å². The predicted molar refractivity (Wildman–Crippen MR) is 493 cm³/mol. The van der Waals surface area contributed by atoms with Crippen LogP contribution in [0.3, 0.4) is 0 Å². The number of carbonyl (C=O) groups is 11. The number of rotatable bonds is 39. The molecule has 0 saturated heterocycles. The fourth-order valence-corrected chi connectivity index (χ4v) is 17.0. The molecule has 26 nitrogen and oxygen atoms in total. The van der Waals surface area contributed by atoms with Crippen LogP contribution < -0.4 is 53.6 Å². The molecular formula is C101H111N13O13S. The van der Waals surface area contributed by atoms with E-state index in [-0.39, 0.29) is 57.0 Å². The summed E-state index contributed by atoms with van der Waals surface area (Å²) in [5, 5.41) is 25.8. The first kappa shape index (κ1) is 93.2. The van der Waals surface area contributed by atoms with Crippen LogP contribution in [-0.2, 0) is 76.5 Å². The van der Waals surface area contributed by atoms with E-state index in [4.69, 9.17) is 20.2 Å². The zero-order valence-electron chi connectivity index (χ0n) is 73.3. The molecule has 2 aromatic heterocycles. The minimum atomic E-state index is -1.63. The third-order valence-electron chi connectivity index (χ3n) is 22.7. The van der Waals surface area contributed by atoms with Gasteiger partial charge in [-0.15, -0.1) is 0 Å². The number of nitrogens with zero attached hydrogens (tertiary/aromatic N) is 3. The summed E-state index contributed by atoms with van der Waals surface area (Å²) in [6.07, 6.45) is 4.06. The molecule has 7 atom stereocenters. The highest BCUT2D eigenvalue weighted by Crippen LogP contribution is 2.46. The van der Waals surface area contributed by atoms with Gasteiger partial charge in [0.15, 0.2) is 0 Å². The topological polar surface area (TPSA) is 363 Å². The Morgan fingerprint density at radius 2 is 0.945 bits per heavy atom. The Balaban J connectivity index is 0.803. The van der Waals surface area contributed by atoms with Gasteiger partial charge in [-0.25, -0.2) is 14.6 Å². The standard InChI is InChI=1S/C101H111N13O13S/c1-64(2)56-83(94(121)107-81(90(102)117)54-55-128-9)108-95(122)85(58-74-61-113(63-104-74)101(71-40-22-13-23-41-71,72-42-24-14-25-43-72)73-44-26-15-27-45-73)106-88(116)59-103-96(123)89(65(3)4)111-91(118)66(5)105-93(120)84(57-67-60-114(98(125)127-99(6,7)8)86-51-33-32-46-75(67)86)109-92(119)82(110-97(124)126-62-80-78-49-30-28-47-76(78)77-48-29-31-50-79(77)80)52-53-87(115)112-100(68-34-16-10-17-35-68,69-36-18-11-19-37-69)70-38-20-12-21-39-70/h10-51,60-61,63-66,80-85,89H,52-59,62H2,1-9H3,(H2,102,117)(H,103,123)(H,105,120)(H,106,116)(H,107,121)(H,108,122)(H,109,119)(H,110,124)(H,111,118)(H,112,115)/t66-,81-,82-,83-,84-,85-,89-/m0/s1. The van der Waals surface area contributed by atoms with Crippen molar-refractivity contribution < 1.29 is 62.2 Å². The Hall–Kier alpha value is -14.0. The van der Waals surface area contributed by atoms with Gasteiger partial charge in [-0.2, -0.15) is 11.8 Å². The number of hydrogen-bond donors (Lipinski definition) is 10. The van der Waals surface area contributed by atoms with Crippen LogP contribution in [-0.4, -0.2) is 153 Å². The number of thioether (sulfide) groups is 1. The number of amides is 10. The van der Waals surface area contributed by atoms with E-state index in [1.165, 1.54) is 29.4 Å². The lowest BCUT2D eigenvalue weighted by atomic mass is 9.77. The first-order valence-electron chi connectivity index (χ1n) is 43.0. The normalized spacial score (nSPS) is 13.6. The number of ether oxygens (including phenoxy) is 2. The van der Waals surface area contributed by atoms with Crippen molar-refractivity contribution in [3.05, 3.63) is 329 Å². The summed E-state index contributed by atoms with van der Waals surface area (Å²) in [5.41, 5.74) is 12.3. The Morgan fingerprint density at radius 3 is 1.46 bits per heavy atom. The van der Waals surface area contributed by atoms with E-state index < -0.39 is 137 Å². The molecule has 0 radical (unpaired) electrons. The largest absolute Gasteiger partial charge is 0.449 e. The molecule has 1 aliphatic carbocycles. The van der Waals surface area contributed by atoms with E-state index in [9.17, 15) is 33.6 Å². The fraction of sp³-hybridized carbons (Fsp3) is 0.307. The molecule has 12 rings (SSSR count). The van der Waals surface area contributed by atoms with E-state index in [1.54, 1.807) is 71.4 Å². The SMILES string of the molecule is CSCC[C@H](NC(=O)[C@H](CC(C)C)NC(=O)[C@H](Cc1cn(C(c2ccccc2)(c2ccccc2)c2ccccc2)cn1)NC(=O)CNC(=O)[C@@H](NC(=O)[C@H](C)NC(=O)[C@H](Cc1cn(C(=O)OC(C)(C)C)c2ccccc12)NC(=O)[C@H](CCC(=O)NC(c1ccccc1)(c1ccccc1)c1ccccc1)NC(=O)OCC1c2ccccc2-c2ccccc21)C(C)C)C(N)=O. The van der Waals surface area contributed by atoms with Crippen LogP contribution in [0.1, 0.15) is 143 Å². The van der Waals surface area contributed by atoms with Crippen molar-refractivity contribution in [2.75, 3.05) is 25.2 Å². The molecular weight excluding hydrogens is 1640 g/mol. The van der Waals surface area contributed by atoms with Gasteiger partial charge in [0, 0.05) is 43.0 Å². The molecule has 11 aromatic rings. The zero-order chi connectivity index (χ0) is 91.2. The first-order chi connectivity index (χ1) is 61.6. The van der Waals surface area contributed by atoms with Crippen molar-refractivity contribution in [1.82, 2.24) is 62.0 Å². The highest BCUT2D eigenvalue weighted by molar-refractivity contribution is 7.98. The van der Waals surface area contributed by atoms with Crippen molar-refractivity contribution in [3.63, 3.8) is 0 Å². The number of imidazole rings is 1. The number of fused-ring (bicyclic) bond motifs is 4. The van der Waals surface area contributed by atoms with Gasteiger partial charge >= 0.3 is 12.2 Å². The second kappa shape index (κ2) is 42.8. The Morgan fingerprint density at radius 1 is 0.477 bits per heavy atom. The summed E-state index contributed by atoms with van der Waals surface area (Å²) in [6.45, 7) is 12.6. The van der Waals surface area contributed by atoms with Gasteiger partial charge in [-0.05, 0) is 138 Å². The van der Waals surface area contributed by atoms with Crippen molar-refractivity contribution in [2.45, 2.75) is 159 Å². The number of benzene rings is 9. The monoisotopic (exact) mass is 1750 g/mol. The van der Waals surface area contributed by atoms with Gasteiger partial charge in [-0.1, -0.05) is 276 Å². The number of hydrogen-bond acceptors (Lipinski definition) is 15. The Labute approximate surface area is 749 Å². The summed E-state index contributed by atoms with van der Waals surface area (Å²) in [5.74, 6) is -7.89. The summed E-state index contributed by atoms with van der Waals surface area (Å²) < 4.78 is 15.1. The number of nitrogens with one attached hydrogen (secondary N) is 9. The second-order valence-corrected chi connectivity index (χ2v) is 34.7. The molecule has 0 unspecified atom stereocenters. The second-order valence-electron chi connectivity index (χ2n) is 33.8. The average Bonchev–Trinajstić information content (AvgIpc) is 1.39. The van der Waals surface area contributed by atoms with Crippen LogP contribution in [0.25, 0.3) is 22.0 Å². The van der Waals surface area contributed by atoms with Gasteiger partial charge in [0.2, 0.25) is 53.2 Å². The fourth-order valence-electron chi connectivity index (χ4n) is 16.5. The van der Waals surface area contributed by atoms with Gasteiger partial charge in [0.1, 0.15) is 65.6 Å². The molecule has 0 spiro atoms. The third-order valence-corrected chi connectivity index (χ3v) is 23.3. The number of aromatic nitrogens is 3. The van der Waals surface area contributed by atoms with Crippen molar-refractivity contribution >= 4 is 88.0 Å². The molecule has 1 aliphatic rings. The molecule has 0 saturated carbocycles. The minimum absolute atomic E-state index is 0.119. The lowest BCUT2D eigenvalue weighted by Crippen LogP contribution is -2.59. The van der Waals surface area contributed by atoms with Crippen LogP contribution in [0, 0.1) is 11.8 Å². The Kier molecular flexibility index (Phi) is 31.2. The van der Waals surface area contributed by atoms with Crippen LogP contribution in [0.4, 0.5) is 9.59 Å². The third kappa shape index (κ3) is 22.6. The van der Waals surface area contributed by atoms with E-state index in [0.29, 0.717) is 27.9 Å². The first-order valence-corrected chi connectivity index (χ1v) is 44.4. The van der Waals surface area contributed by atoms with Gasteiger partial charge in [0.05, 0.1) is 24.1 Å². The molecule has 664 valence electrons. The summed E-state index contributed by atoms with van der Waals surface area (Å²) in [6, 6.07) is 70.4. The lowest BCUT2D eigenvalue weighted by Gasteiger charge is -2.37. The molecule has 0 fully saturated rings. The Bertz CT molecular complexity index is 5480. The van der Waals surface area contributed by atoms with Gasteiger partial charge < -0.3 is 67.6 Å². The van der Waals surface area contributed by atoms with Crippen molar-refractivity contribution in [2.24, 2.45) is 17.6 Å². The van der Waals surface area contributed by atoms with E-state index in [0.717, 1.165) is 55.6 Å².